The van der Waals surface area contributed by atoms with Gasteiger partial charge in [-0.25, -0.2) is 0 Å². The van der Waals surface area contributed by atoms with Crippen LogP contribution in [0.2, 0.25) is 0 Å². The number of carbonyl (C=O) groups excluding carboxylic acids is 2. The molecule has 2 amide bonds. The minimum atomic E-state index is 0.000152. The summed E-state index contributed by atoms with van der Waals surface area (Å²) in [5.74, 6) is 0.606. The maximum Gasteiger partial charge on any atom is 0.242 e. The molecule has 0 aromatic carbocycles. The first-order chi connectivity index (χ1) is 10.1. The molecule has 1 aromatic heterocycles. The number of amides is 2. The fourth-order valence-electron chi connectivity index (χ4n) is 2.62. The minimum Gasteiger partial charge on any atom is -0.339 e. The lowest BCUT2D eigenvalue weighted by Gasteiger charge is -2.34. The van der Waals surface area contributed by atoms with Crippen LogP contribution < -0.4 is 0 Å². The summed E-state index contributed by atoms with van der Waals surface area (Å²) in [6.45, 7) is 3.53. The summed E-state index contributed by atoms with van der Waals surface area (Å²) in [5, 5.41) is 4.07. The third-order valence-electron chi connectivity index (χ3n) is 3.96. The molecule has 1 atom stereocenters. The molecule has 1 aromatic rings. The first-order valence-corrected chi connectivity index (χ1v) is 9.04. The highest BCUT2D eigenvalue weighted by Gasteiger charge is 2.35. The lowest BCUT2D eigenvalue weighted by molar-refractivity contribution is -0.140. The second-order valence-corrected chi connectivity index (χ2v) is 7.27. The summed E-state index contributed by atoms with van der Waals surface area (Å²) in [6.07, 6.45) is 0. The molecule has 3 rings (SSSR count). The van der Waals surface area contributed by atoms with E-state index >= 15 is 0 Å². The SMILES string of the molecule is CN1CCN(C(=O)CN2C(=O)CS[C@H]2c2ccsc2)CC1. The number of hydrogen-bond acceptors (Lipinski definition) is 5. The second kappa shape index (κ2) is 6.37. The number of hydrogen-bond donors (Lipinski definition) is 0. The van der Waals surface area contributed by atoms with Gasteiger partial charge in [-0.05, 0) is 29.4 Å². The van der Waals surface area contributed by atoms with Gasteiger partial charge in [0.2, 0.25) is 11.8 Å². The van der Waals surface area contributed by atoms with E-state index in [-0.39, 0.29) is 23.7 Å². The Morgan fingerprint density at radius 1 is 1.33 bits per heavy atom. The zero-order chi connectivity index (χ0) is 14.8. The monoisotopic (exact) mass is 325 g/mol. The smallest absolute Gasteiger partial charge is 0.242 e. The van der Waals surface area contributed by atoms with Crippen molar-refractivity contribution in [2.75, 3.05) is 45.5 Å². The third kappa shape index (κ3) is 3.25. The minimum absolute atomic E-state index is 0.000152. The Bertz CT molecular complexity index is 512. The van der Waals surface area contributed by atoms with Gasteiger partial charge in [0.1, 0.15) is 11.9 Å². The normalized spacial score (nSPS) is 23.9. The summed E-state index contributed by atoms with van der Waals surface area (Å²) in [4.78, 5) is 30.3. The van der Waals surface area contributed by atoms with E-state index in [4.69, 9.17) is 0 Å². The van der Waals surface area contributed by atoms with Gasteiger partial charge < -0.3 is 14.7 Å². The molecule has 0 aliphatic carbocycles. The van der Waals surface area contributed by atoms with Crippen molar-refractivity contribution in [3.8, 4) is 0 Å². The largest absolute Gasteiger partial charge is 0.339 e. The lowest BCUT2D eigenvalue weighted by Crippen LogP contribution is -2.50. The van der Waals surface area contributed by atoms with Crippen LogP contribution in [0.15, 0.2) is 16.8 Å². The fraction of sp³-hybridized carbons (Fsp3) is 0.571. The van der Waals surface area contributed by atoms with E-state index in [1.54, 1.807) is 28.0 Å². The van der Waals surface area contributed by atoms with Gasteiger partial charge in [0.15, 0.2) is 0 Å². The van der Waals surface area contributed by atoms with Crippen molar-refractivity contribution in [2.45, 2.75) is 5.37 Å². The standard InChI is InChI=1S/C14H19N3O2S2/c1-15-3-5-16(6-4-15)12(18)8-17-13(19)10-21-14(17)11-2-7-20-9-11/h2,7,9,14H,3-6,8,10H2,1H3/t14-/m0/s1. The van der Waals surface area contributed by atoms with E-state index < -0.39 is 0 Å². The van der Waals surface area contributed by atoms with Gasteiger partial charge in [-0.2, -0.15) is 11.3 Å². The van der Waals surface area contributed by atoms with Crippen molar-refractivity contribution in [3.63, 3.8) is 0 Å². The highest BCUT2D eigenvalue weighted by molar-refractivity contribution is 8.00. The zero-order valence-corrected chi connectivity index (χ0v) is 13.7. The zero-order valence-electron chi connectivity index (χ0n) is 12.0. The van der Waals surface area contributed by atoms with Crippen LogP contribution in [-0.4, -0.2) is 72.0 Å². The number of thiophene rings is 1. The number of nitrogens with zero attached hydrogens (tertiary/aromatic N) is 3. The highest BCUT2D eigenvalue weighted by atomic mass is 32.2. The Kier molecular flexibility index (Phi) is 4.51. The molecular formula is C14H19N3O2S2. The molecular weight excluding hydrogens is 306 g/mol. The molecule has 114 valence electrons. The Morgan fingerprint density at radius 2 is 2.10 bits per heavy atom. The molecule has 7 heteroatoms. The summed E-state index contributed by atoms with van der Waals surface area (Å²) in [6, 6.07) is 2.04. The van der Waals surface area contributed by atoms with Gasteiger partial charge in [0.25, 0.3) is 0 Å². The predicted molar refractivity (Wildman–Crippen MR) is 85.3 cm³/mol. The maximum atomic E-state index is 12.4. The van der Waals surface area contributed by atoms with E-state index in [0.29, 0.717) is 5.75 Å². The Hall–Kier alpha value is -1.05. The molecule has 0 unspecified atom stereocenters. The van der Waals surface area contributed by atoms with Gasteiger partial charge in [-0.1, -0.05) is 0 Å². The van der Waals surface area contributed by atoms with Crippen molar-refractivity contribution in [1.82, 2.24) is 14.7 Å². The topological polar surface area (TPSA) is 43.9 Å². The van der Waals surface area contributed by atoms with Crippen molar-refractivity contribution in [3.05, 3.63) is 22.4 Å². The number of carbonyl (C=O) groups is 2. The van der Waals surface area contributed by atoms with Gasteiger partial charge in [0, 0.05) is 26.2 Å². The number of piperazine rings is 1. The maximum absolute atomic E-state index is 12.4. The molecule has 0 spiro atoms. The van der Waals surface area contributed by atoms with Crippen LogP contribution in [-0.2, 0) is 9.59 Å². The molecule has 2 aliphatic rings. The van der Waals surface area contributed by atoms with Crippen LogP contribution >= 0.6 is 23.1 Å². The van der Waals surface area contributed by atoms with Crippen LogP contribution in [0.4, 0.5) is 0 Å². The summed E-state index contributed by atoms with van der Waals surface area (Å²) in [7, 11) is 2.06. The van der Waals surface area contributed by atoms with E-state index in [9.17, 15) is 9.59 Å². The Balaban J connectivity index is 1.64. The number of rotatable bonds is 3. The lowest BCUT2D eigenvalue weighted by atomic mass is 10.2. The highest BCUT2D eigenvalue weighted by Crippen LogP contribution is 2.39. The van der Waals surface area contributed by atoms with E-state index in [0.717, 1.165) is 31.7 Å². The molecule has 5 nitrogen and oxygen atoms in total. The molecule has 2 saturated heterocycles. The number of thioether (sulfide) groups is 1. The van der Waals surface area contributed by atoms with Gasteiger partial charge in [-0.3, -0.25) is 9.59 Å². The first-order valence-electron chi connectivity index (χ1n) is 7.04. The summed E-state index contributed by atoms with van der Waals surface area (Å²) in [5.41, 5.74) is 1.13. The van der Waals surface area contributed by atoms with E-state index in [1.165, 1.54) is 0 Å². The average molecular weight is 325 g/mol. The van der Waals surface area contributed by atoms with Crippen LogP contribution in [0.1, 0.15) is 10.9 Å². The Labute approximate surface area is 132 Å². The summed E-state index contributed by atoms with van der Waals surface area (Å²) < 4.78 is 0. The molecule has 3 heterocycles. The molecule has 0 bridgehead atoms. The van der Waals surface area contributed by atoms with Crippen LogP contribution in [0, 0.1) is 0 Å². The van der Waals surface area contributed by atoms with Gasteiger partial charge in [0.05, 0.1) is 5.75 Å². The van der Waals surface area contributed by atoms with Crippen LogP contribution in [0.3, 0.4) is 0 Å². The second-order valence-electron chi connectivity index (χ2n) is 5.43. The molecule has 2 fully saturated rings. The quantitative estimate of drug-likeness (QED) is 0.835. The van der Waals surface area contributed by atoms with Crippen LogP contribution in [0.25, 0.3) is 0 Å². The van der Waals surface area contributed by atoms with Crippen molar-refractivity contribution in [2.24, 2.45) is 0 Å². The third-order valence-corrected chi connectivity index (χ3v) is 5.92. The van der Waals surface area contributed by atoms with Crippen molar-refractivity contribution in [1.29, 1.82) is 0 Å². The molecule has 21 heavy (non-hydrogen) atoms. The molecule has 0 N–H and O–H groups in total. The van der Waals surface area contributed by atoms with Crippen molar-refractivity contribution >= 4 is 34.9 Å². The molecule has 2 aliphatic heterocycles. The fourth-order valence-corrected chi connectivity index (χ4v) is 4.56. The van der Waals surface area contributed by atoms with E-state index in [1.807, 2.05) is 16.3 Å². The number of likely N-dealkylation sites (N-methyl/N-ethyl adjacent to an activating group) is 1. The molecule has 0 saturated carbocycles. The predicted octanol–water partition coefficient (Wildman–Crippen LogP) is 1.10. The van der Waals surface area contributed by atoms with E-state index in [2.05, 4.69) is 17.3 Å². The Morgan fingerprint density at radius 3 is 2.76 bits per heavy atom. The average Bonchev–Trinajstić information content (AvgIpc) is 3.10. The van der Waals surface area contributed by atoms with Crippen LogP contribution in [0.5, 0.6) is 0 Å². The summed E-state index contributed by atoms with van der Waals surface area (Å²) >= 11 is 3.23. The molecule has 0 radical (unpaired) electrons. The first kappa shape index (κ1) is 14.9. The van der Waals surface area contributed by atoms with Gasteiger partial charge in [-0.15, -0.1) is 11.8 Å². The van der Waals surface area contributed by atoms with Gasteiger partial charge >= 0.3 is 0 Å². The van der Waals surface area contributed by atoms with Crippen molar-refractivity contribution < 1.29 is 9.59 Å².